The van der Waals surface area contributed by atoms with Gasteiger partial charge in [0.15, 0.2) is 0 Å². The standard InChI is InChI=1S/C16H10ClF5O2/c17-12-8-6-10(7-9-12)13(23)15(18,19)14(24,16(20,21)22)11-4-2-1-3-5-11/h1-9,24H. The molecule has 0 bridgehead atoms. The van der Waals surface area contributed by atoms with Crippen LogP contribution in [0.2, 0.25) is 5.02 Å². The van der Waals surface area contributed by atoms with Crippen molar-refractivity contribution in [1.29, 1.82) is 0 Å². The first kappa shape index (κ1) is 18.4. The fourth-order valence-corrected chi connectivity index (χ4v) is 2.28. The number of rotatable bonds is 4. The molecule has 2 aromatic carbocycles. The number of aliphatic hydroxyl groups is 1. The van der Waals surface area contributed by atoms with Gasteiger partial charge in [-0.1, -0.05) is 41.9 Å². The Morgan fingerprint density at radius 1 is 0.875 bits per heavy atom. The van der Waals surface area contributed by atoms with Crippen molar-refractivity contribution in [1.82, 2.24) is 0 Å². The van der Waals surface area contributed by atoms with Crippen molar-refractivity contribution in [2.45, 2.75) is 17.7 Å². The van der Waals surface area contributed by atoms with Crippen molar-refractivity contribution in [3.05, 3.63) is 70.7 Å². The maximum Gasteiger partial charge on any atom is 0.428 e. The molecule has 0 saturated carbocycles. The summed E-state index contributed by atoms with van der Waals surface area (Å²) in [4.78, 5) is 12.0. The zero-order valence-electron chi connectivity index (χ0n) is 11.8. The van der Waals surface area contributed by atoms with Crippen molar-refractivity contribution in [3.63, 3.8) is 0 Å². The van der Waals surface area contributed by atoms with E-state index in [0.29, 0.717) is 12.1 Å². The quantitative estimate of drug-likeness (QED) is 0.635. The van der Waals surface area contributed by atoms with Crippen LogP contribution >= 0.6 is 11.6 Å². The molecule has 24 heavy (non-hydrogen) atoms. The van der Waals surface area contributed by atoms with Crippen molar-refractivity contribution >= 4 is 17.4 Å². The van der Waals surface area contributed by atoms with Gasteiger partial charge in [0, 0.05) is 10.6 Å². The summed E-state index contributed by atoms with van der Waals surface area (Å²) in [6.07, 6.45) is -5.79. The number of carbonyl (C=O) groups excluding carboxylic acids is 1. The third-order valence-electron chi connectivity index (χ3n) is 3.45. The molecular formula is C16H10ClF5O2. The Kier molecular flexibility index (Phi) is 4.70. The highest BCUT2D eigenvalue weighted by molar-refractivity contribution is 6.30. The minimum absolute atomic E-state index is 0.115. The van der Waals surface area contributed by atoms with E-state index in [1.54, 1.807) is 0 Å². The predicted octanol–water partition coefficient (Wildman–Crippen LogP) is 4.61. The third-order valence-corrected chi connectivity index (χ3v) is 3.70. The SMILES string of the molecule is O=C(c1ccc(Cl)cc1)C(F)(F)C(O)(c1ccccc1)C(F)(F)F. The Balaban J connectivity index is 2.60. The molecular weight excluding hydrogens is 355 g/mol. The fraction of sp³-hybridized carbons (Fsp3) is 0.188. The highest BCUT2D eigenvalue weighted by Crippen LogP contribution is 2.50. The van der Waals surface area contributed by atoms with E-state index in [1.165, 1.54) is 6.07 Å². The van der Waals surface area contributed by atoms with E-state index in [2.05, 4.69) is 0 Å². The summed E-state index contributed by atoms with van der Waals surface area (Å²) in [5, 5.41) is 10.0. The van der Waals surface area contributed by atoms with E-state index >= 15 is 0 Å². The summed E-state index contributed by atoms with van der Waals surface area (Å²) < 4.78 is 68.9. The topological polar surface area (TPSA) is 37.3 Å². The predicted molar refractivity (Wildman–Crippen MR) is 77.1 cm³/mol. The average Bonchev–Trinajstić information content (AvgIpc) is 2.53. The summed E-state index contributed by atoms with van der Waals surface area (Å²) in [6, 6.07) is 8.64. The summed E-state index contributed by atoms with van der Waals surface area (Å²) >= 11 is 5.56. The van der Waals surface area contributed by atoms with Gasteiger partial charge in [0.25, 0.3) is 5.60 Å². The van der Waals surface area contributed by atoms with Gasteiger partial charge in [-0.15, -0.1) is 0 Å². The molecule has 0 aliphatic carbocycles. The van der Waals surface area contributed by atoms with Gasteiger partial charge in [-0.2, -0.15) is 22.0 Å². The molecule has 0 heterocycles. The molecule has 0 fully saturated rings. The van der Waals surface area contributed by atoms with Gasteiger partial charge in [-0.25, -0.2) is 0 Å². The highest BCUT2D eigenvalue weighted by Gasteiger charge is 2.73. The second-order valence-electron chi connectivity index (χ2n) is 4.98. The van der Waals surface area contributed by atoms with E-state index in [1.807, 2.05) is 0 Å². The van der Waals surface area contributed by atoms with Gasteiger partial charge in [0.2, 0.25) is 5.78 Å². The van der Waals surface area contributed by atoms with Gasteiger partial charge in [-0.3, -0.25) is 4.79 Å². The van der Waals surface area contributed by atoms with E-state index in [0.717, 1.165) is 36.4 Å². The molecule has 1 N–H and O–H groups in total. The molecule has 0 aromatic heterocycles. The van der Waals surface area contributed by atoms with E-state index in [-0.39, 0.29) is 5.02 Å². The second kappa shape index (κ2) is 6.14. The zero-order chi connectivity index (χ0) is 18.2. The lowest BCUT2D eigenvalue weighted by atomic mass is 9.82. The first-order valence-corrected chi connectivity index (χ1v) is 6.92. The lowest BCUT2D eigenvalue weighted by molar-refractivity contribution is -0.324. The van der Waals surface area contributed by atoms with Crippen LogP contribution in [0.15, 0.2) is 54.6 Å². The number of alkyl halides is 5. The Morgan fingerprint density at radius 2 is 1.38 bits per heavy atom. The Morgan fingerprint density at radius 3 is 1.83 bits per heavy atom. The summed E-state index contributed by atoms with van der Waals surface area (Å²) in [6.45, 7) is 0. The number of hydrogen-bond donors (Lipinski definition) is 1. The molecule has 8 heteroatoms. The molecule has 1 unspecified atom stereocenters. The minimum atomic E-state index is -5.79. The van der Waals surface area contributed by atoms with Gasteiger partial charge < -0.3 is 5.11 Å². The minimum Gasteiger partial charge on any atom is -0.371 e. The van der Waals surface area contributed by atoms with Crippen LogP contribution in [-0.2, 0) is 5.60 Å². The van der Waals surface area contributed by atoms with Crippen LogP contribution < -0.4 is 0 Å². The number of hydrogen-bond acceptors (Lipinski definition) is 2. The number of Topliss-reactive ketones (excluding diaryl/α,β-unsaturated/α-hetero) is 1. The van der Waals surface area contributed by atoms with Gasteiger partial charge in [0.1, 0.15) is 0 Å². The lowest BCUT2D eigenvalue weighted by Gasteiger charge is -2.36. The molecule has 0 spiro atoms. The van der Waals surface area contributed by atoms with Crippen LogP contribution in [0, 0.1) is 0 Å². The summed E-state index contributed by atoms with van der Waals surface area (Å²) in [7, 11) is 0. The molecule has 1 atom stereocenters. The zero-order valence-corrected chi connectivity index (χ0v) is 12.6. The molecule has 0 radical (unpaired) electrons. The van der Waals surface area contributed by atoms with Gasteiger partial charge in [0.05, 0.1) is 0 Å². The Hall–Kier alpha value is -1.99. The monoisotopic (exact) mass is 364 g/mol. The molecule has 0 aliphatic heterocycles. The van der Waals surface area contributed by atoms with Crippen molar-refractivity contribution in [2.75, 3.05) is 0 Å². The van der Waals surface area contributed by atoms with Crippen molar-refractivity contribution in [2.24, 2.45) is 0 Å². The Labute approximate surface area is 138 Å². The van der Waals surface area contributed by atoms with E-state index in [4.69, 9.17) is 11.6 Å². The molecule has 2 rings (SSSR count). The number of benzene rings is 2. The molecule has 0 saturated heterocycles. The molecule has 2 aromatic rings. The van der Waals surface area contributed by atoms with E-state index < -0.39 is 34.6 Å². The third kappa shape index (κ3) is 2.89. The van der Waals surface area contributed by atoms with Crippen LogP contribution in [0.3, 0.4) is 0 Å². The Bertz CT molecular complexity index is 728. The summed E-state index contributed by atoms with van der Waals surface area (Å²) in [5.41, 5.74) is -6.51. The van der Waals surface area contributed by atoms with Gasteiger partial charge in [-0.05, 0) is 29.8 Å². The van der Waals surface area contributed by atoms with Crippen LogP contribution in [-0.4, -0.2) is 23.0 Å². The number of carbonyl (C=O) groups is 1. The number of ketones is 1. The highest BCUT2D eigenvalue weighted by atomic mass is 35.5. The maximum atomic E-state index is 14.5. The maximum absolute atomic E-state index is 14.5. The van der Waals surface area contributed by atoms with Crippen molar-refractivity contribution in [3.8, 4) is 0 Å². The smallest absolute Gasteiger partial charge is 0.371 e. The second-order valence-corrected chi connectivity index (χ2v) is 5.42. The van der Waals surface area contributed by atoms with Crippen molar-refractivity contribution < 1.29 is 31.9 Å². The van der Waals surface area contributed by atoms with Crippen LogP contribution in [0.5, 0.6) is 0 Å². The largest absolute Gasteiger partial charge is 0.428 e. The average molecular weight is 365 g/mol. The molecule has 0 amide bonds. The first-order valence-electron chi connectivity index (χ1n) is 6.54. The fourth-order valence-electron chi connectivity index (χ4n) is 2.15. The van der Waals surface area contributed by atoms with Crippen LogP contribution in [0.4, 0.5) is 22.0 Å². The molecule has 2 nitrogen and oxygen atoms in total. The lowest BCUT2D eigenvalue weighted by Crippen LogP contribution is -2.59. The van der Waals surface area contributed by atoms with Gasteiger partial charge >= 0.3 is 12.1 Å². The molecule has 128 valence electrons. The molecule has 0 aliphatic rings. The van der Waals surface area contributed by atoms with Crippen LogP contribution in [0.25, 0.3) is 0 Å². The summed E-state index contributed by atoms with van der Waals surface area (Å²) in [5.74, 6) is -7.32. The van der Waals surface area contributed by atoms with Crippen LogP contribution in [0.1, 0.15) is 15.9 Å². The van der Waals surface area contributed by atoms with E-state index in [9.17, 15) is 31.9 Å². The number of halogens is 6. The normalized spacial score (nSPS) is 15.0. The first-order chi connectivity index (χ1) is 11.0.